The molecule has 2 fully saturated rings. The number of methoxy groups -OCH3 is 3. The lowest BCUT2D eigenvalue weighted by atomic mass is 9.47. The van der Waals surface area contributed by atoms with Gasteiger partial charge in [0.15, 0.2) is 6.10 Å². The normalized spacial score (nSPS) is 27.2. The van der Waals surface area contributed by atoms with Crippen LogP contribution >= 0.6 is 0 Å². The summed E-state index contributed by atoms with van der Waals surface area (Å²) in [5.74, 6) is -1.11. The highest BCUT2D eigenvalue weighted by Crippen LogP contribution is 2.68. The molecule has 5 aromatic rings. The quantitative estimate of drug-likeness (QED) is 0.131. The topological polar surface area (TPSA) is 137 Å². The maximum absolute atomic E-state index is 15.0. The fraction of sp³-hybridized carbons (Fsp3) is 0.362. The van der Waals surface area contributed by atoms with E-state index in [-0.39, 0.29) is 10.9 Å². The predicted octanol–water partition coefficient (Wildman–Crippen LogP) is 6.02. The average Bonchev–Trinajstić information content (AvgIpc) is 3.93. The van der Waals surface area contributed by atoms with E-state index >= 15 is 0 Å². The zero-order valence-corrected chi connectivity index (χ0v) is 35.3. The molecule has 0 bridgehead atoms. The Morgan fingerprint density at radius 3 is 2.30 bits per heavy atom. The van der Waals surface area contributed by atoms with Crippen LogP contribution in [0.3, 0.4) is 0 Å². The van der Waals surface area contributed by atoms with Gasteiger partial charge in [0.2, 0.25) is 5.60 Å². The molecule has 1 aliphatic carbocycles. The lowest BCUT2D eigenvalue weighted by molar-refractivity contribution is -0.228. The summed E-state index contributed by atoms with van der Waals surface area (Å²) in [4.78, 5) is 31.8. The molecule has 0 amide bonds. The van der Waals surface area contributed by atoms with Crippen LogP contribution in [0, 0.1) is 5.41 Å². The van der Waals surface area contributed by atoms with Crippen LogP contribution in [0.25, 0.3) is 10.9 Å². The number of rotatable bonds is 10. The number of hydrogen-bond donors (Lipinski definition) is 1. The van der Waals surface area contributed by atoms with Gasteiger partial charge in [0.05, 0.1) is 43.7 Å². The number of carbonyl (C=O) groups is 2. The van der Waals surface area contributed by atoms with Crippen LogP contribution in [-0.2, 0) is 34.5 Å². The molecule has 4 aromatic carbocycles. The summed E-state index contributed by atoms with van der Waals surface area (Å²) in [5, 5.41) is 14.0. The number of esters is 2. The summed E-state index contributed by atoms with van der Waals surface area (Å²) in [7, 11) is 2.11. The largest absolute Gasteiger partial charge is 0.497 e. The first-order chi connectivity index (χ1) is 28.8. The van der Waals surface area contributed by atoms with Crippen LogP contribution < -0.4 is 14.4 Å². The second-order valence-electron chi connectivity index (χ2n) is 16.4. The Bertz CT molecular complexity index is 2660. The predicted molar refractivity (Wildman–Crippen MR) is 226 cm³/mol. The standard InChI is InChI=1S/C47H49N3O9S/c1-7-45-22-13-24-49-25-23-46(41(45)49)35-27-34(39(57-5)28-37(35)48(3)42(46)47(53,44(52)58-6)43(45)59-29(2)51)40(30-18-20-32(56-4)21-19-30)38-26-31-14-11-12-17-36(31)50(38)60(54,55)33-15-9-8-10-16-33/h8-22,26-28,40-43,53H,7,23-25H2,1-6H3/t40?,41-,42+,43?,45+,46+,47?/m1/s1. The molecule has 1 spiro atoms. The van der Waals surface area contributed by atoms with Crippen molar-refractivity contribution in [3.05, 3.63) is 132 Å². The summed E-state index contributed by atoms with van der Waals surface area (Å²) < 4.78 is 54.8. The van der Waals surface area contributed by atoms with Crippen molar-refractivity contribution in [1.82, 2.24) is 8.87 Å². The van der Waals surface area contributed by atoms with Crippen molar-refractivity contribution in [2.45, 2.75) is 66.7 Å². The van der Waals surface area contributed by atoms with Gasteiger partial charge in [0, 0.05) is 65.8 Å². The van der Waals surface area contributed by atoms with E-state index in [2.05, 4.69) is 11.0 Å². The lowest BCUT2D eigenvalue weighted by Gasteiger charge is -2.63. The van der Waals surface area contributed by atoms with Crippen LogP contribution in [0.2, 0.25) is 0 Å². The molecule has 12 nitrogen and oxygen atoms in total. The van der Waals surface area contributed by atoms with Gasteiger partial charge in [0.25, 0.3) is 10.0 Å². The minimum Gasteiger partial charge on any atom is -0.497 e. The molecule has 4 heterocycles. The number of aliphatic hydroxyl groups is 1. The fourth-order valence-corrected chi connectivity index (χ4v) is 13.2. The van der Waals surface area contributed by atoms with E-state index < -0.39 is 56.5 Å². The van der Waals surface area contributed by atoms with Gasteiger partial charge in [-0.25, -0.2) is 17.2 Å². The molecule has 1 saturated carbocycles. The van der Waals surface area contributed by atoms with Gasteiger partial charge in [-0.1, -0.05) is 67.6 Å². The number of likely N-dealkylation sites (N-methyl/N-ethyl adjacent to an activating group) is 1. The summed E-state index contributed by atoms with van der Waals surface area (Å²) in [6.07, 6.45) is 3.82. The SMILES string of the molecule is CC[C@@]12C=CCN3CC[C@]4(c5cc(C(c6ccc(OC)cc6)c6cc7ccccc7n6S(=O)(=O)c6ccccc6)c(OC)cc5N(C)[C@@H]4C(O)(C(=O)OC)C1OC(C)=O)[C@H]32. The zero-order chi connectivity index (χ0) is 42.4. The number of anilines is 1. The Kier molecular flexibility index (Phi) is 9.45. The van der Waals surface area contributed by atoms with Crippen molar-refractivity contribution >= 4 is 38.6 Å². The number of aromatic nitrogens is 1. The van der Waals surface area contributed by atoms with Gasteiger partial charge >= 0.3 is 11.9 Å². The van der Waals surface area contributed by atoms with Gasteiger partial charge in [-0.3, -0.25) is 9.69 Å². The molecule has 1 aromatic heterocycles. The molecule has 7 atom stereocenters. The molecular formula is C47H49N3O9S. The molecule has 0 radical (unpaired) electrons. The van der Waals surface area contributed by atoms with Crippen molar-refractivity contribution < 1.29 is 42.1 Å². The minimum absolute atomic E-state index is 0.143. The number of benzene rings is 4. The molecular weight excluding hydrogens is 783 g/mol. The van der Waals surface area contributed by atoms with Crippen molar-refractivity contribution in [1.29, 1.82) is 0 Å². The Balaban J connectivity index is 1.36. The highest BCUT2D eigenvalue weighted by Gasteiger charge is 2.80. The molecule has 4 aliphatic rings. The van der Waals surface area contributed by atoms with Crippen molar-refractivity contribution in [3.8, 4) is 11.5 Å². The van der Waals surface area contributed by atoms with Gasteiger partial charge in [-0.05, 0) is 73.0 Å². The molecule has 3 aliphatic heterocycles. The highest BCUT2D eigenvalue weighted by atomic mass is 32.2. The summed E-state index contributed by atoms with van der Waals surface area (Å²) >= 11 is 0. The van der Waals surface area contributed by atoms with E-state index in [0.717, 1.165) is 22.2 Å². The van der Waals surface area contributed by atoms with Gasteiger partial charge < -0.3 is 29.0 Å². The fourth-order valence-electron chi connectivity index (χ4n) is 11.6. The number of fused-ring (bicyclic) bond motifs is 2. The Labute approximate surface area is 350 Å². The molecule has 1 saturated heterocycles. The first kappa shape index (κ1) is 39.8. The van der Waals surface area contributed by atoms with Crippen molar-refractivity contribution in [2.24, 2.45) is 5.41 Å². The van der Waals surface area contributed by atoms with E-state index in [1.807, 2.05) is 91.7 Å². The Hall–Kier alpha value is -5.63. The highest BCUT2D eigenvalue weighted by molar-refractivity contribution is 7.90. The van der Waals surface area contributed by atoms with E-state index in [1.165, 1.54) is 18.0 Å². The number of carbonyl (C=O) groups excluding carboxylic acids is 2. The number of para-hydroxylation sites is 1. The van der Waals surface area contributed by atoms with E-state index in [9.17, 15) is 23.1 Å². The second kappa shape index (κ2) is 14.2. The third kappa shape index (κ3) is 5.31. The molecule has 9 rings (SSSR count). The summed E-state index contributed by atoms with van der Waals surface area (Å²) in [6.45, 7) is 4.58. The third-order valence-corrected chi connectivity index (χ3v) is 15.5. The molecule has 3 unspecified atom stereocenters. The molecule has 1 N–H and O–H groups in total. The maximum Gasteiger partial charge on any atom is 0.344 e. The van der Waals surface area contributed by atoms with Crippen LogP contribution in [0.5, 0.6) is 11.5 Å². The number of hydrogen-bond acceptors (Lipinski definition) is 11. The molecule has 312 valence electrons. The van der Waals surface area contributed by atoms with Crippen molar-refractivity contribution in [2.75, 3.05) is 46.4 Å². The minimum atomic E-state index is -4.16. The first-order valence-corrected chi connectivity index (χ1v) is 21.7. The third-order valence-electron chi connectivity index (χ3n) is 13.8. The second-order valence-corrected chi connectivity index (χ2v) is 18.2. The summed E-state index contributed by atoms with van der Waals surface area (Å²) in [6, 6.07) is 28.1. The lowest BCUT2D eigenvalue weighted by Crippen LogP contribution is -2.81. The first-order valence-electron chi connectivity index (χ1n) is 20.2. The van der Waals surface area contributed by atoms with Gasteiger partial charge in [-0.2, -0.15) is 0 Å². The summed E-state index contributed by atoms with van der Waals surface area (Å²) in [5.41, 5.74) is -0.112. The average molecular weight is 832 g/mol. The Morgan fingerprint density at radius 1 is 0.917 bits per heavy atom. The van der Waals surface area contributed by atoms with Gasteiger partial charge in [0.1, 0.15) is 11.5 Å². The number of nitrogens with zero attached hydrogens (tertiary/aromatic N) is 3. The smallest absolute Gasteiger partial charge is 0.344 e. The number of ether oxygens (including phenoxy) is 4. The molecule has 13 heteroatoms. The van der Waals surface area contributed by atoms with Crippen LogP contribution in [-0.4, -0.2) is 99.6 Å². The Morgan fingerprint density at radius 2 is 1.63 bits per heavy atom. The van der Waals surface area contributed by atoms with Crippen LogP contribution in [0.15, 0.2) is 114 Å². The van der Waals surface area contributed by atoms with E-state index in [1.54, 1.807) is 44.6 Å². The van der Waals surface area contributed by atoms with Crippen LogP contribution in [0.4, 0.5) is 5.69 Å². The van der Waals surface area contributed by atoms with E-state index in [4.69, 9.17) is 18.9 Å². The van der Waals surface area contributed by atoms with Crippen LogP contribution in [0.1, 0.15) is 55.0 Å². The van der Waals surface area contributed by atoms with Crippen molar-refractivity contribution in [3.63, 3.8) is 0 Å². The zero-order valence-electron chi connectivity index (χ0n) is 34.5. The maximum atomic E-state index is 15.0. The van der Waals surface area contributed by atoms with Gasteiger partial charge in [-0.15, -0.1) is 0 Å². The monoisotopic (exact) mass is 831 g/mol. The van der Waals surface area contributed by atoms with E-state index in [0.29, 0.717) is 54.2 Å². The molecule has 60 heavy (non-hydrogen) atoms.